The maximum Gasteiger partial charge on any atom is 0.333 e. The summed E-state index contributed by atoms with van der Waals surface area (Å²) in [4.78, 5) is 49.4. The molecular weight excluding hydrogens is 957 g/mol. The molecule has 14 atom stereocenters. The van der Waals surface area contributed by atoms with E-state index in [1.54, 1.807) is 12.5 Å². The molecule has 7 aliphatic carbocycles. The zero-order chi connectivity index (χ0) is 54.4. The molecule has 0 spiro atoms. The minimum Gasteiger partial charge on any atom is -0.465 e. The normalized spacial score (nSPS) is 30.6. The summed E-state index contributed by atoms with van der Waals surface area (Å²) >= 11 is 0. The van der Waals surface area contributed by atoms with Crippen molar-refractivity contribution in [3.63, 3.8) is 0 Å². The van der Waals surface area contributed by atoms with Gasteiger partial charge in [0.1, 0.15) is 6.61 Å². The Balaban J connectivity index is 0.772. The molecule has 77 heavy (non-hydrogen) atoms. The molecule has 0 aromatic carbocycles. The van der Waals surface area contributed by atoms with Gasteiger partial charge in [0.2, 0.25) is 0 Å². The van der Waals surface area contributed by atoms with Crippen molar-refractivity contribution in [2.45, 2.75) is 265 Å². The van der Waals surface area contributed by atoms with Crippen LogP contribution in [0, 0.1) is 82.9 Å². The first-order valence-corrected chi connectivity index (χ1v) is 33.2. The lowest BCUT2D eigenvalue weighted by Crippen LogP contribution is -2.35. The van der Waals surface area contributed by atoms with Gasteiger partial charge in [-0.3, -0.25) is 9.59 Å². The molecule has 8 heteroatoms. The molecule has 6 saturated carbocycles. The number of esters is 4. The van der Waals surface area contributed by atoms with Crippen LogP contribution in [0.3, 0.4) is 0 Å². The van der Waals surface area contributed by atoms with Gasteiger partial charge in [0.05, 0.1) is 19.8 Å². The fraction of sp³-hybridized carbons (Fsp3) is 0.855. The predicted molar refractivity (Wildman–Crippen MR) is 312 cm³/mol. The summed E-state index contributed by atoms with van der Waals surface area (Å²) in [6, 6.07) is 0. The van der Waals surface area contributed by atoms with Crippen LogP contribution in [0.5, 0.6) is 0 Å². The summed E-state index contributed by atoms with van der Waals surface area (Å²) in [6.07, 6.45) is 48.7. The number of allylic oxidation sites excluding steroid dienone is 1. The van der Waals surface area contributed by atoms with Crippen LogP contribution in [0.1, 0.15) is 265 Å². The number of carbonyl (C=O) groups is 4. The molecule has 8 nitrogen and oxygen atoms in total. The van der Waals surface area contributed by atoms with Crippen molar-refractivity contribution in [2.24, 2.45) is 82.9 Å². The van der Waals surface area contributed by atoms with E-state index in [9.17, 15) is 19.2 Å². The van der Waals surface area contributed by atoms with Crippen LogP contribution < -0.4 is 0 Å². The predicted octanol–water partition coefficient (Wildman–Crippen LogP) is 17.8. The zero-order valence-corrected chi connectivity index (χ0v) is 49.5. The number of ether oxygens (including phenoxy) is 4. The van der Waals surface area contributed by atoms with Crippen LogP contribution in [0.2, 0.25) is 0 Å². The molecule has 7 aliphatic rings. The second-order valence-electron chi connectivity index (χ2n) is 26.9. The fourth-order valence-electron chi connectivity index (χ4n) is 17.7. The molecule has 0 amide bonds. The lowest BCUT2D eigenvalue weighted by molar-refractivity contribution is -0.145. The molecule has 14 unspecified atom stereocenters. The number of hydrogen-bond donors (Lipinski definition) is 0. The number of carbonyl (C=O) groups excluding carboxylic acids is 4. The number of rotatable bonds is 40. The highest BCUT2D eigenvalue weighted by molar-refractivity contribution is 5.86. The summed E-state index contributed by atoms with van der Waals surface area (Å²) < 4.78 is 22.8. The van der Waals surface area contributed by atoms with Gasteiger partial charge in [-0.05, 0) is 185 Å². The van der Waals surface area contributed by atoms with Crippen LogP contribution >= 0.6 is 0 Å². The fourth-order valence-corrected chi connectivity index (χ4v) is 17.7. The Hall–Kier alpha value is -2.90. The van der Waals surface area contributed by atoms with Crippen LogP contribution in [0.4, 0.5) is 0 Å². The topological polar surface area (TPSA) is 105 Å². The Morgan fingerprint density at radius 1 is 0.494 bits per heavy atom. The molecule has 0 aliphatic heterocycles. The molecule has 0 heterocycles. The number of unbranched alkanes of at least 4 members (excludes halogenated alkanes) is 18. The highest BCUT2D eigenvalue weighted by Crippen LogP contribution is 2.63. The van der Waals surface area contributed by atoms with Crippen LogP contribution in [0.15, 0.2) is 36.0 Å². The molecule has 6 fully saturated rings. The van der Waals surface area contributed by atoms with Gasteiger partial charge in [0, 0.05) is 24.5 Å². The van der Waals surface area contributed by atoms with E-state index >= 15 is 0 Å². The number of fused-ring (bicyclic) bond motifs is 10. The van der Waals surface area contributed by atoms with Gasteiger partial charge in [0.15, 0.2) is 0 Å². The van der Waals surface area contributed by atoms with Crippen molar-refractivity contribution in [1.82, 2.24) is 0 Å². The van der Waals surface area contributed by atoms with Gasteiger partial charge >= 0.3 is 23.9 Å². The monoisotopic (exact) mass is 1070 g/mol. The molecule has 0 N–H and O–H groups in total. The van der Waals surface area contributed by atoms with E-state index in [1.807, 2.05) is 0 Å². The van der Waals surface area contributed by atoms with E-state index in [1.165, 1.54) is 198 Å². The van der Waals surface area contributed by atoms with E-state index in [2.05, 4.69) is 27.0 Å². The van der Waals surface area contributed by atoms with Crippen molar-refractivity contribution in [3.8, 4) is 0 Å². The van der Waals surface area contributed by atoms with Crippen molar-refractivity contribution in [2.75, 3.05) is 26.4 Å². The minimum atomic E-state index is -0.323. The minimum absolute atomic E-state index is 0.00141. The Bertz CT molecular complexity index is 1870. The van der Waals surface area contributed by atoms with Gasteiger partial charge in [-0.2, -0.15) is 0 Å². The largest absolute Gasteiger partial charge is 0.465 e. The third-order valence-electron chi connectivity index (χ3n) is 21.6. The summed E-state index contributed by atoms with van der Waals surface area (Å²) in [5.74, 6) is 9.27. The molecule has 7 rings (SSSR count). The Morgan fingerprint density at radius 2 is 1.01 bits per heavy atom. The summed E-state index contributed by atoms with van der Waals surface area (Å²) in [6.45, 7) is 15.8. The van der Waals surface area contributed by atoms with E-state index in [-0.39, 0.29) is 23.9 Å². The SMILES string of the molecule is C=CC(=O)OCC1CC2C3=C(COC(=O)CCCCCCCCC4C(CCCCCCCC)CCC(CCCCCC)C4CCCCCCCCC(=O)OCC4CC5C6CC(COC(=O)C(=C)C)C(C6)C5C4)CC(C3)C2C1. The highest BCUT2D eigenvalue weighted by atomic mass is 16.5. The van der Waals surface area contributed by atoms with Crippen molar-refractivity contribution >= 4 is 23.9 Å². The quantitative estimate of drug-likeness (QED) is 0.0196. The molecule has 0 radical (unpaired) electrons. The van der Waals surface area contributed by atoms with E-state index in [0.717, 1.165) is 80.5 Å². The smallest absolute Gasteiger partial charge is 0.333 e. The first kappa shape index (κ1) is 61.7. The molecule has 0 aromatic heterocycles. The Morgan fingerprint density at radius 3 is 1.62 bits per heavy atom. The second kappa shape index (κ2) is 33.1. The van der Waals surface area contributed by atoms with Crippen LogP contribution in [-0.4, -0.2) is 50.3 Å². The first-order valence-electron chi connectivity index (χ1n) is 33.2. The third kappa shape index (κ3) is 18.8. The Labute approximate surface area is 470 Å². The number of hydrogen-bond acceptors (Lipinski definition) is 8. The van der Waals surface area contributed by atoms with Gasteiger partial charge in [0.25, 0.3) is 0 Å². The van der Waals surface area contributed by atoms with Crippen LogP contribution in [0.25, 0.3) is 0 Å². The summed E-state index contributed by atoms with van der Waals surface area (Å²) in [7, 11) is 0. The summed E-state index contributed by atoms with van der Waals surface area (Å²) in [5, 5.41) is 0. The van der Waals surface area contributed by atoms with E-state index < -0.39 is 0 Å². The van der Waals surface area contributed by atoms with Gasteiger partial charge < -0.3 is 18.9 Å². The van der Waals surface area contributed by atoms with Crippen LogP contribution in [-0.2, 0) is 38.1 Å². The average molecular weight is 1070 g/mol. The average Bonchev–Trinajstić information content (AvgIpc) is 4.36. The van der Waals surface area contributed by atoms with Crippen molar-refractivity contribution < 1.29 is 38.1 Å². The molecular formula is C69H112O8. The maximum atomic E-state index is 12.9. The van der Waals surface area contributed by atoms with Gasteiger partial charge in [-0.15, -0.1) is 0 Å². The standard InChI is InChI=1S/C69H112O8/c1-6-9-11-13-18-24-30-53-36-35-52(29-23-12-10-7-2)58(31-25-19-14-16-21-27-33-67(71)75-46-51-38-61-55-42-57(48-77-69(73)49(4)5)63(44-55)65(61)40-51)59(53)32-26-20-15-17-22-28-34-68(72)76-47-56-41-54-43-62(56)64-39-50(37-60(54)64)45-74-66(70)8-3/h8,50-55,57-61,63-65H,3-4,6-7,9-48H2,1-2,5H3. The van der Waals surface area contributed by atoms with Crippen molar-refractivity contribution in [1.29, 1.82) is 0 Å². The zero-order valence-electron chi connectivity index (χ0n) is 49.5. The summed E-state index contributed by atoms with van der Waals surface area (Å²) in [5.41, 5.74) is 3.42. The molecule has 0 saturated heterocycles. The van der Waals surface area contributed by atoms with Crippen molar-refractivity contribution in [3.05, 3.63) is 36.0 Å². The van der Waals surface area contributed by atoms with Gasteiger partial charge in [-0.1, -0.05) is 174 Å². The second-order valence-corrected chi connectivity index (χ2v) is 26.9. The molecule has 436 valence electrons. The lowest BCUT2D eigenvalue weighted by atomic mass is 9.61. The van der Waals surface area contributed by atoms with E-state index in [0.29, 0.717) is 92.2 Å². The molecule has 0 aromatic rings. The first-order chi connectivity index (χ1) is 37.6. The lowest BCUT2D eigenvalue weighted by Gasteiger charge is -2.44. The Kier molecular flexibility index (Phi) is 26.6. The maximum absolute atomic E-state index is 12.9. The van der Waals surface area contributed by atoms with Gasteiger partial charge in [-0.25, -0.2) is 9.59 Å². The highest BCUT2D eigenvalue weighted by Gasteiger charge is 2.56. The van der Waals surface area contributed by atoms with E-state index in [4.69, 9.17) is 18.9 Å². The third-order valence-corrected chi connectivity index (χ3v) is 21.6. The molecule has 4 bridgehead atoms.